The van der Waals surface area contributed by atoms with Crippen LogP contribution in [0.15, 0.2) is 11.6 Å². The number of nitrogens with zero attached hydrogens (tertiary/aromatic N) is 1. The summed E-state index contributed by atoms with van der Waals surface area (Å²) in [7, 11) is 0. The lowest BCUT2D eigenvalue weighted by Crippen LogP contribution is -2.30. The van der Waals surface area contributed by atoms with Gasteiger partial charge in [0.15, 0.2) is 0 Å². The van der Waals surface area contributed by atoms with E-state index in [1.54, 1.807) is 4.90 Å². The first-order valence-electron chi connectivity index (χ1n) is 7.83. The number of rotatable bonds is 4. The molecule has 1 amide bonds. The van der Waals surface area contributed by atoms with Crippen molar-refractivity contribution in [1.82, 2.24) is 4.90 Å². The normalized spacial score (nSPS) is 30.2. The monoisotopic (exact) mass is 277 g/mol. The molecule has 0 aromatic carbocycles. The Morgan fingerprint density at radius 1 is 1.25 bits per heavy atom. The van der Waals surface area contributed by atoms with Crippen LogP contribution in [0, 0.1) is 17.8 Å². The molecule has 1 N–H and O–H groups in total. The summed E-state index contributed by atoms with van der Waals surface area (Å²) in [6.45, 7) is 1.08. The zero-order valence-corrected chi connectivity index (χ0v) is 11.9. The van der Waals surface area contributed by atoms with E-state index >= 15 is 0 Å². The fourth-order valence-corrected chi connectivity index (χ4v) is 3.67. The molecule has 20 heavy (non-hydrogen) atoms. The maximum absolute atomic E-state index is 12.4. The van der Waals surface area contributed by atoms with Gasteiger partial charge >= 0.3 is 5.97 Å². The SMILES string of the molecule is O=C(O)[C@H]1CN(C(=O)CC2=CCCCC2)C[C@@H]1C1CC1. The van der Waals surface area contributed by atoms with E-state index in [9.17, 15) is 14.7 Å². The molecule has 3 rings (SSSR count). The average Bonchev–Trinajstić information content (AvgIpc) is 3.18. The molecule has 4 nitrogen and oxygen atoms in total. The lowest BCUT2D eigenvalue weighted by atomic mass is 9.92. The quantitative estimate of drug-likeness (QED) is 0.803. The van der Waals surface area contributed by atoms with E-state index in [1.165, 1.54) is 18.4 Å². The number of carboxylic acid groups (broad SMARTS) is 1. The molecule has 0 spiro atoms. The van der Waals surface area contributed by atoms with Gasteiger partial charge in [0, 0.05) is 19.5 Å². The Morgan fingerprint density at radius 3 is 2.65 bits per heavy atom. The smallest absolute Gasteiger partial charge is 0.308 e. The summed E-state index contributed by atoms with van der Waals surface area (Å²) in [6.07, 6.45) is 9.52. The van der Waals surface area contributed by atoms with Crippen LogP contribution in [0.3, 0.4) is 0 Å². The summed E-state index contributed by atoms with van der Waals surface area (Å²) >= 11 is 0. The van der Waals surface area contributed by atoms with Gasteiger partial charge in [-0.3, -0.25) is 9.59 Å². The number of carboxylic acids is 1. The zero-order valence-electron chi connectivity index (χ0n) is 11.9. The molecule has 4 heteroatoms. The van der Waals surface area contributed by atoms with Crippen LogP contribution in [-0.2, 0) is 9.59 Å². The van der Waals surface area contributed by atoms with E-state index < -0.39 is 5.97 Å². The van der Waals surface area contributed by atoms with E-state index in [4.69, 9.17) is 0 Å². The maximum Gasteiger partial charge on any atom is 0.308 e. The van der Waals surface area contributed by atoms with E-state index in [0.29, 0.717) is 25.4 Å². The second-order valence-corrected chi connectivity index (χ2v) is 6.53. The fourth-order valence-electron chi connectivity index (χ4n) is 3.67. The van der Waals surface area contributed by atoms with Crippen molar-refractivity contribution in [3.8, 4) is 0 Å². The number of allylic oxidation sites excluding steroid dienone is 1. The standard InChI is InChI=1S/C16H23NO3/c18-15(8-11-4-2-1-3-5-11)17-9-13(12-6-7-12)14(10-17)16(19)20/h4,12-14H,1-3,5-10H2,(H,19,20)/t13-,14+/m1/s1. The van der Waals surface area contributed by atoms with Crippen LogP contribution in [-0.4, -0.2) is 35.0 Å². The number of hydrogen-bond acceptors (Lipinski definition) is 2. The van der Waals surface area contributed by atoms with Crippen LogP contribution in [0.25, 0.3) is 0 Å². The lowest BCUT2D eigenvalue weighted by molar-refractivity contribution is -0.142. The van der Waals surface area contributed by atoms with Gasteiger partial charge in [0.25, 0.3) is 0 Å². The highest BCUT2D eigenvalue weighted by Crippen LogP contribution is 2.44. The second-order valence-electron chi connectivity index (χ2n) is 6.53. The van der Waals surface area contributed by atoms with Gasteiger partial charge in [-0.05, 0) is 50.4 Å². The Kier molecular flexibility index (Phi) is 3.81. The molecule has 1 saturated heterocycles. The number of carbonyl (C=O) groups excluding carboxylic acids is 1. The molecular weight excluding hydrogens is 254 g/mol. The summed E-state index contributed by atoms with van der Waals surface area (Å²) < 4.78 is 0. The third-order valence-corrected chi connectivity index (χ3v) is 5.03. The largest absolute Gasteiger partial charge is 0.481 e. The van der Waals surface area contributed by atoms with Crippen molar-refractivity contribution < 1.29 is 14.7 Å². The van der Waals surface area contributed by atoms with E-state index in [-0.39, 0.29) is 17.7 Å². The molecule has 0 radical (unpaired) electrons. The summed E-state index contributed by atoms with van der Waals surface area (Å²) in [5.74, 6) is -0.201. The van der Waals surface area contributed by atoms with Crippen molar-refractivity contribution in [3.63, 3.8) is 0 Å². The van der Waals surface area contributed by atoms with Crippen molar-refractivity contribution in [2.75, 3.05) is 13.1 Å². The molecule has 2 aliphatic carbocycles. The summed E-state index contributed by atoms with van der Waals surface area (Å²) in [5, 5.41) is 9.33. The highest BCUT2D eigenvalue weighted by molar-refractivity contribution is 5.81. The van der Waals surface area contributed by atoms with Crippen molar-refractivity contribution in [3.05, 3.63) is 11.6 Å². The van der Waals surface area contributed by atoms with Crippen molar-refractivity contribution in [1.29, 1.82) is 0 Å². The molecule has 0 bridgehead atoms. The Bertz CT molecular complexity index is 439. The van der Waals surface area contributed by atoms with Gasteiger partial charge in [0.05, 0.1) is 5.92 Å². The predicted molar refractivity (Wildman–Crippen MR) is 75.1 cm³/mol. The minimum atomic E-state index is -0.728. The topological polar surface area (TPSA) is 57.6 Å². The molecule has 2 fully saturated rings. The molecule has 2 atom stereocenters. The van der Waals surface area contributed by atoms with Crippen molar-refractivity contribution in [2.24, 2.45) is 17.8 Å². The maximum atomic E-state index is 12.4. The predicted octanol–water partition coefficient (Wildman–Crippen LogP) is 2.45. The molecule has 1 saturated carbocycles. The third kappa shape index (κ3) is 2.89. The molecule has 0 aromatic rings. The first-order valence-corrected chi connectivity index (χ1v) is 7.83. The van der Waals surface area contributed by atoms with Crippen molar-refractivity contribution >= 4 is 11.9 Å². The van der Waals surface area contributed by atoms with Crippen LogP contribution in [0.1, 0.15) is 44.9 Å². The summed E-state index contributed by atoms with van der Waals surface area (Å²) in [4.78, 5) is 25.5. The van der Waals surface area contributed by atoms with Gasteiger partial charge in [0.2, 0.25) is 5.91 Å². The van der Waals surface area contributed by atoms with Crippen LogP contribution in [0.5, 0.6) is 0 Å². The first-order chi connectivity index (χ1) is 9.65. The Morgan fingerprint density at radius 2 is 2.05 bits per heavy atom. The number of likely N-dealkylation sites (tertiary alicyclic amines) is 1. The van der Waals surface area contributed by atoms with E-state index in [2.05, 4.69) is 6.08 Å². The van der Waals surface area contributed by atoms with Gasteiger partial charge < -0.3 is 10.0 Å². The zero-order chi connectivity index (χ0) is 14.1. The Hall–Kier alpha value is -1.32. The average molecular weight is 277 g/mol. The molecule has 110 valence electrons. The van der Waals surface area contributed by atoms with E-state index in [1.807, 2.05) is 0 Å². The first kappa shape index (κ1) is 13.7. The molecule has 1 heterocycles. The minimum Gasteiger partial charge on any atom is -0.481 e. The number of hydrogen-bond donors (Lipinski definition) is 1. The van der Waals surface area contributed by atoms with Crippen LogP contribution in [0.2, 0.25) is 0 Å². The molecule has 0 unspecified atom stereocenters. The van der Waals surface area contributed by atoms with Crippen LogP contribution in [0.4, 0.5) is 0 Å². The highest BCUT2D eigenvalue weighted by Gasteiger charge is 2.46. The van der Waals surface area contributed by atoms with Gasteiger partial charge in [-0.2, -0.15) is 0 Å². The molecular formula is C16H23NO3. The van der Waals surface area contributed by atoms with Crippen LogP contribution >= 0.6 is 0 Å². The molecule has 3 aliphatic rings. The van der Waals surface area contributed by atoms with Gasteiger partial charge in [-0.15, -0.1) is 0 Å². The van der Waals surface area contributed by atoms with E-state index in [0.717, 1.165) is 25.7 Å². The molecule has 1 aliphatic heterocycles. The van der Waals surface area contributed by atoms with Gasteiger partial charge in [-0.1, -0.05) is 11.6 Å². The van der Waals surface area contributed by atoms with Crippen molar-refractivity contribution in [2.45, 2.75) is 44.9 Å². The van der Waals surface area contributed by atoms with Gasteiger partial charge in [0.1, 0.15) is 0 Å². The molecule has 0 aromatic heterocycles. The summed E-state index contributed by atoms with van der Waals surface area (Å²) in [6, 6.07) is 0. The Labute approximate surface area is 119 Å². The van der Waals surface area contributed by atoms with Gasteiger partial charge in [-0.25, -0.2) is 0 Å². The Balaban J connectivity index is 1.61. The minimum absolute atomic E-state index is 0.132. The number of carbonyl (C=O) groups is 2. The number of amides is 1. The summed E-state index contributed by atoms with van der Waals surface area (Å²) in [5.41, 5.74) is 1.25. The highest BCUT2D eigenvalue weighted by atomic mass is 16.4. The number of aliphatic carboxylic acids is 1. The second kappa shape index (κ2) is 5.58. The van der Waals surface area contributed by atoms with Crippen LogP contribution < -0.4 is 0 Å². The third-order valence-electron chi connectivity index (χ3n) is 5.03. The lowest BCUT2D eigenvalue weighted by Gasteiger charge is -2.19. The fraction of sp³-hybridized carbons (Fsp3) is 0.750.